The van der Waals surface area contributed by atoms with Crippen LogP contribution in [0.25, 0.3) is 21.9 Å². The number of nitrogens with zero attached hydrogens (tertiary/aromatic N) is 1. The van der Waals surface area contributed by atoms with Crippen LogP contribution in [0.4, 0.5) is 0 Å². The normalized spacial score (nSPS) is 12.2. The molecule has 4 heteroatoms. The number of ketones is 1. The summed E-state index contributed by atoms with van der Waals surface area (Å²) in [6, 6.07) is 22.4. The maximum atomic E-state index is 12.4. The second-order valence-corrected chi connectivity index (χ2v) is 6.77. The van der Waals surface area contributed by atoms with Gasteiger partial charge in [0.2, 0.25) is 0 Å². The van der Waals surface area contributed by atoms with Gasteiger partial charge in [-0.1, -0.05) is 60.7 Å². The molecule has 1 aromatic heterocycles. The second-order valence-electron chi connectivity index (χ2n) is 6.77. The first-order valence-corrected chi connectivity index (χ1v) is 9.03. The monoisotopic (exact) mass is 355 g/mol. The molecule has 0 aliphatic rings. The van der Waals surface area contributed by atoms with E-state index in [1.54, 1.807) is 12.5 Å². The molecule has 0 radical (unpaired) electrons. The molecule has 0 aliphatic heterocycles. The lowest BCUT2D eigenvalue weighted by Gasteiger charge is -2.10. The molecule has 1 unspecified atom stereocenters. The third-order valence-electron chi connectivity index (χ3n) is 4.81. The number of fused-ring (bicyclic) bond motifs is 1. The highest BCUT2D eigenvalue weighted by atomic mass is 16.1. The number of rotatable bonds is 6. The largest absolute Gasteiger partial charge is 0.351 e. The van der Waals surface area contributed by atoms with Crippen molar-refractivity contribution in [1.29, 1.82) is 0 Å². The van der Waals surface area contributed by atoms with Crippen LogP contribution < -0.4 is 5.73 Å². The third-order valence-corrected chi connectivity index (χ3v) is 4.81. The Labute approximate surface area is 158 Å². The number of aromatic amines is 1. The molecule has 4 rings (SSSR count). The molecular formula is C23H21N3O. The van der Waals surface area contributed by atoms with Gasteiger partial charge in [-0.3, -0.25) is 4.79 Å². The van der Waals surface area contributed by atoms with E-state index in [0.717, 1.165) is 16.8 Å². The van der Waals surface area contributed by atoms with Gasteiger partial charge in [0.05, 0.1) is 18.1 Å². The quantitative estimate of drug-likeness (QED) is 0.551. The molecule has 3 N–H and O–H groups in total. The molecule has 0 bridgehead atoms. The van der Waals surface area contributed by atoms with Crippen LogP contribution >= 0.6 is 0 Å². The smallest absolute Gasteiger partial charge is 0.154 e. The number of carbonyl (C=O) groups excluding carboxylic acids is 1. The molecule has 0 spiro atoms. The average molecular weight is 355 g/mol. The van der Waals surface area contributed by atoms with Gasteiger partial charge in [0.25, 0.3) is 0 Å². The fourth-order valence-corrected chi connectivity index (χ4v) is 3.26. The van der Waals surface area contributed by atoms with Gasteiger partial charge in [0.1, 0.15) is 0 Å². The van der Waals surface area contributed by atoms with Crippen LogP contribution in [0, 0.1) is 0 Å². The fraction of sp³-hybridized carbons (Fsp3) is 0.130. The molecule has 4 aromatic rings. The van der Waals surface area contributed by atoms with Crippen molar-refractivity contribution in [1.82, 2.24) is 9.97 Å². The summed E-state index contributed by atoms with van der Waals surface area (Å²) >= 11 is 0. The lowest BCUT2D eigenvalue weighted by molar-refractivity contribution is -0.119. The highest BCUT2D eigenvalue weighted by Gasteiger charge is 2.15. The summed E-state index contributed by atoms with van der Waals surface area (Å²) in [5.41, 5.74) is 10.1. The summed E-state index contributed by atoms with van der Waals surface area (Å²) in [6.45, 7) is 0. The van der Waals surface area contributed by atoms with Crippen molar-refractivity contribution in [2.24, 2.45) is 5.73 Å². The standard InChI is InChI=1S/C23H21N3O/c24-22(13-21-14-25-15-26-21)23(27)11-16-5-7-18(8-6-16)20-10-9-17-3-1-2-4-19(17)12-20/h1-10,12,14-15,22H,11,13,24H2,(H,25,26). The van der Waals surface area contributed by atoms with E-state index >= 15 is 0 Å². The third kappa shape index (κ3) is 3.96. The Morgan fingerprint density at radius 2 is 1.70 bits per heavy atom. The van der Waals surface area contributed by atoms with Crippen LogP contribution in [-0.2, 0) is 17.6 Å². The molecule has 0 aliphatic carbocycles. The van der Waals surface area contributed by atoms with Gasteiger partial charge in [-0.25, -0.2) is 4.98 Å². The van der Waals surface area contributed by atoms with Crippen molar-refractivity contribution in [2.45, 2.75) is 18.9 Å². The first kappa shape index (κ1) is 17.2. The zero-order chi connectivity index (χ0) is 18.6. The molecule has 3 aromatic carbocycles. The molecule has 27 heavy (non-hydrogen) atoms. The number of aromatic nitrogens is 2. The van der Waals surface area contributed by atoms with Gasteiger partial charge < -0.3 is 10.7 Å². The number of carbonyl (C=O) groups is 1. The molecule has 0 amide bonds. The number of Topliss-reactive ketones (excluding diaryl/α,β-unsaturated/α-hetero) is 1. The van der Waals surface area contributed by atoms with Gasteiger partial charge in [-0.05, 0) is 33.5 Å². The van der Waals surface area contributed by atoms with E-state index in [4.69, 9.17) is 5.73 Å². The van der Waals surface area contributed by atoms with E-state index in [1.807, 2.05) is 24.3 Å². The average Bonchev–Trinajstić information content (AvgIpc) is 3.21. The number of H-pyrrole nitrogens is 1. The van der Waals surface area contributed by atoms with Crippen LogP contribution in [0.5, 0.6) is 0 Å². The topological polar surface area (TPSA) is 71.8 Å². The van der Waals surface area contributed by atoms with E-state index in [-0.39, 0.29) is 5.78 Å². The summed E-state index contributed by atoms with van der Waals surface area (Å²) in [7, 11) is 0. The van der Waals surface area contributed by atoms with Crippen molar-refractivity contribution in [3.8, 4) is 11.1 Å². The Kier molecular flexibility index (Phi) is 4.81. The zero-order valence-electron chi connectivity index (χ0n) is 14.9. The van der Waals surface area contributed by atoms with E-state index in [0.29, 0.717) is 12.8 Å². The Balaban J connectivity index is 1.45. The van der Waals surface area contributed by atoms with Crippen molar-refractivity contribution >= 4 is 16.6 Å². The minimum atomic E-state index is -0.534. The predicted octanol–water partition coefficient (Wildman–Crippen LogP) is 3.91. The van der Waals surface area contributed by atoms with E-state index in [2.05, 4.69) is 52.4 Å². The van der Waals surface area contributed by atoms with E-state index < -0.39 is 6.04 Å². The molecule has 1 heterocycles. The lowest BCUT2D eigenvalue weighted by Crippen LogP contribution is -2.34. The molecule has 4 nitrogen and oxygen atoms in total. The van der Waals surface area contributed by atoms with Gasteiger partial charge in [-0.2, -0.15) is 0 Å². The minimum Gasteiger partial charge on any atom is -0.351 e. The summed E-state index contributed by atoms with van der Waals surface area (Å²) in [5.74, 6) is 0.0245. The number of nitrogens with one attached hydrogen (secondary N) is 1. The van der Waals surface area contributed by atoms with E-state index in [1.165, 1.54) is 16.3 Å². The summed E-state index contributed by atoms with van der Waals surface area (Å²) in [4.78, 5) is 19.4. The SMILES string of the molecule is NC(Cc1c[nH]cn1)C(=O)Cc1ccc(-c2ccc3ccccc3c2)cc1. The number of imidazole rings is 1. The van der Waals surface area contributed by atoms with Gasteiger partial charge in [0.15, 0.2) is 5.78 Å². The van der Waals surface area contributed by atoms with Crippen molar-refractivity contribution in [3.63, 3.8) is 0 Å². The summed E-state index contributed by atoms with van der Waals surface area (Å²) < 4.78 is 0. The highest BCUT2D eigenvalue weighted by molar-refractivity contribution is 5.88. The fourth-order valence-electron chi connectivity index (χ4n) is 3.26. The zero-order valence-corrected chi connectivity index (χ0v) is 14.9. The number of nitrogens with two attached hydrogens (primary N) is 1. The maximum Gasteiger partial charge on any atom is 0.154 e. The first-order valence-electron chi connectivity index (χ1n) is 9.03. The van der Waals surface area contributed by atoms with Crippen LogP contribution in [0.3, 0.4) is 0 Å². The predicted molar refractivity (Wildman–Crippen MR) is 108 cm³/mol. The summed E-state index contributed by atoms with van der Waals surface area (Å²) in [5, 5.41) is 2.45. The van der Waals surface area contributed by atoms with Crippen molar-refractivity contribution in [3.05, 3.63) is 90.5 Å². The molecule has 1 atom stereocenters. The van der Waals surface area contributed by atoms with Crippen molar-refractivity contribution < 1.29 is 4.79 Å². The Bertz CT molecular complexity index is 1050. The molecule has 0 saturated carbocycles. The van der Waals surface area contributed by atoms with Crippen molar-refractivity contribution in [2.75, 3.05) is 0 Å². The first-order chi connectivity index (χ1) is 13.2. The molecular weight excluding hydrogens is 334 g/mol. The summed E-state index contributed by atoms with van der Waals surface area (Å²) in [6.07, 6.45) is 4.16. The van der Waals surface area contributed by atoms with Gasteiger partial charge in [0, 0.05) is 19.0 Å². The van der Waals surface area contributed by atoms with Gasteiger partial charge in [-0.15, -0.1) is 0 Å². The molecule has 0 fully saturated rings. The van der Waals surface area contributed by atoms with Crippen LogP contribution in [0.2, 0.25) is 0 Å². The van der Waals surface area contributed by atoms with E-state index in [9.17, 15) is 4.79 Å². The Morgan fingerprint density at radius 3 is 2.44 bits per heavy atom. The highest BCUT2D eigenvalue weighted by Crippen LogP contribution is 2.25. The van der Waals surface area contributed by atoms with Gasteiger partial charge >= 0.3 is 0 Å². The molecule has 134 valence electrons. The number of hydrogen-bond acceptors (Lipinski definition) is 3. The molecule has 0 saturated heterocycles. The number of benzene rings is 3. The van der Waals surface area contributed by atoms with Crippen LogP contribution in [0.15, 0.2) is 79.3 Å². The lowest BCUT2D eigenvalue weighted by atomic mass is 9.97. The minimum absolute atomic E-state index is 0.0245. The Morgan fingerprint density at radius 1 is 0.963 bits per heavy atom. The maximum absolute atomic E-state index is 12.4. The second kappa shape index (κ2) is 7.56. The van der Waals surface area contributed by atoms with Crippen LogP contribution in [-0.4, -0.2) is 21.8 Å². The van der Waals surface area contributed by atoms with Crippen LogP contribution in [0.1, 0.15) is 11.3 Å². The number of hydrogen-bond donors (Lipinski definition) is 2. The Hall–Kier alpha value is -3.24.